The maximum Gasteiger partial charge on any atom is 0.253 e. The number of nitrogens with zero attached hydrogens (tertiary/aromatic N) is 1. The molecule has 0 saturated carbocycles. The Balaban J connectivity index is 2.08. The summed E-state index contributed by atoms with van der Waals surface area (Å²) in [6.45, 7) is 1.05. The van der Waals surface area contributed by atoms with Gasteiger partial charge in [-0.1, -0.05) is 0 Å². The monoisotopic (exact) mass is 221 g/mol. The van der Waals surface area contributed by atoms with E-state index in [1.165, 1.54) is 0 Å². The molecular weight excluding hydrogens is 206 g/mol. The lowest BCUT2D eigenvalue weighted by Gasteiger charge is -2.15. The summed E-state index contributed by atoms with van der Waals surface area (Å²) in [6, 6.07) is 6.95. The van der Waals surface area contributed by atoms with Gasteiger partial charge >= 0.3 is 0 Å². The molecule has 2 rings (SSSR count). The third-order valence-electron chi connectivity index (χ3n) is 2.75. The molecule has 1 amide bonds. The molecule has 1 unspecified atom stereocenters. The van der Waals surface area contributed by atoms with Crippen LogP contribution in [-0.4, -0.2) is 35.1 Å². The molecule has 5 heteroatoms. The fraction of sp³-hybridized carbons (Fsp3) is 0.364. The minimum Gasteiger partial charge on any atom is -0.391 e. The van der Waals surface area contributed by atoms with Gasteiger partial charge in [0.1, 0.15) is 0 Å². The minimum atomic E-state index is -0.381. The number of carbonyl (C=O) groups excluding carboxylic acids is 1. The lowest BCUT2D eigenvalue weighted by Crippen LogP contribution is -2.29. The number of rotatable bonds is 2. The van der Waals surface area contributed by atoms with E-state index in [-0.39, 0.29) is 12.0 Å². The van der Waals surface area contributed by atoms with Gasteiger partial charge in [0.15, 0.2) is 0 Å². The quantitative estimate of drug-likeness (QED) is 0.491. The highest BCUT2D eigenvalue weighted by Gasteiger charge is 2.25. The van der Waals surface area contributed by atoms with Crippen LogP contribution in [0.1, 0.15) is 16.8 Å². The van der Waals surface area contributed by atoms with Crippen LogP contribution < -0.4 is 11.3 Å². The third kappa shape index (κ3) is 2.15. The van der Waals surface area contributed by atoms with Crippen molar-refractivity contribution in [1.29, 1.82) is 0 Å². The number of aliphatic hydroxyl groups excluding tert-OH is 1. The number of hydrogen-bond acceptors (Lipinski definition) is 4. The Kier molecular flexibility index (Phi) is 3.07. The van der Waals surface area contributed by atoms with Crippen molar-refractivity contribution in [1.82, 2.24) is 4.90 Å². The Morgan fingerprint density at radius 3 is 2.62 bits per heavy atom. The first-order valence-electron chi connectivity index (χ1n) is 5.24. The normalized spacial score (nSPS) is 19.9. The zero-order valence-corrected chi connectivity index (χ0v) is 8.89. The van der Waals surface area contributed by atoms with Crippen LogP contribution in [0.5, 0.6) is 0 Å². The summed E-state index contributed by atoms with van der Waals surface area (Å²) in [6.07, 6.45) is 0.280. The Morgan fingerprint density at radius 2 is 2.12 bits per heavy atom. The predicted octanol–water partition coefficient (Wildman–Crippen LogP) is 0.179. The first-order chi connectivity index (χ1) is 7.70. The number of anilines is 1. The van der Waals surface area contributed by atoms with Crippen LogP contribution in [0.25, 0.3) is 0 Å². The smallest absolute Gasteiger partial charge is 0.253 e. The van der Waals surface area contributed by atoms with Crippen LogP contribution in [0, 0.1) is 0 Å². The first kappa shape index (κ1) is 10.9. The van der Waals surface area contributed by atoms with Gasteiger partial charge in [-0.3, -0.25) is 10.6 Å². The number of carbonyl (C=O) groups is 1. The van der Waals surface area contributed by atoms with Gasteiger partial charge in [0, 0.05) is 24.3 Å². The van der Waals surface area contributed by atoms with E-state index in [2.05, 4.69) is 5.43 Å². The summed E-state index contributed by atoms with van der Waals surface area (Å²) in [7, 11) is 0. The molecule has 0 radical (unpaired) electrons. The molecule has 1 fully saturated rings. The Hall–Kier alpha value is -1.59. The van der Waals surface area contributed by atoms with Crippen LogP contribution in [0.4, 0.5) is 5.69 Å². The zero-order valence-electron chi connectivity index (χ0n) is 8.89. The molecule has 5 nitrogen and oxygen atoms in total. The summed E-state index contributed by atoms with van der Waals surface area (Å²) in [4.78, 5) is 13.6. The number of β-amino-alcohol motifs (C(OH)–C–C–N with tert-alkyl or cyclic N) is 1. The van der Waals surface area contributed by atoms with Gasteiger partial charge in [-0.05, 0) is 30.7 Å². The molecule has 1 heterocycles. The summed E-state index contributed by atoms with van der Waals surface area (Å²) in [5.41, 5.74) is 3.89. The number of nitrogens with two attached hydrogens (primary N) is 1. The molecule has 0 bridgehead atoms. The topological polar surface area (TPSA) is 78.6 Å². The number of aliphatic hydroxyl groups is 1. The number of amides is 1. The lowest BCUT2D eigenvalue weighted by molar-refractivity contribution is 0.0765. The Morgan fingerprint density at radius 1 is 1.44 bits per heavy atom. The van der Waals surface area contributed by atoms with Gasteiger partial charge < -0.3 is 15.4 Å². The number of hydrogen-bond donors (Lipinski definition) is 3. The highest BCUT2D eigenvalue weighted by molar-refractivity contribution is 5.94. The largest absolute Gasteiger partial charge is 0.391 e. The molecule has 0 aliphatic carbocycles. The van der Waals surface area contributed by atoms with Crippen LogP contribution in [0.3, 0.4) is 0 Å². The summed E-state index contributed by atoms with van der Waals surface area (Å²) in [5.74, 6) is 5.20. The second-order valence-electron chi connectivity index (χ2n) is 3.92. The molecule has 1 aliphatic heterocycles. The second-order valence-corrected chi connectivity index (χ2v) is 3.92. The highest BCUT2D eigenvalue weighted by Crippen LogP contribution is 2.15. The third-order valence-corrected chi connectivity index (χ3v) is 2.75. The number of benzene rings is 1. The molecule has 16 heavy (non-hydrogen) atoms. The predicted molar refractivity (Wildman–Crippen MR) is 60.8 cm³/mol. The average molecular weight is 221 g/mol. The van der Waals surface area contributed by atoms with Crippen LogP contribution in [0.2, 0.25) is 0 Å². The van der Waals surface area contributed by atoms with Crippen molar-refractivity contribution in [3.63, 3.8) is 0 Å². The maximum atomic E-state index is 12.0. The van der Waals surface area contributed by atoms with E-state index in [1.54, 1.807) is 29.2 Å². The van der Waals surface area contributed by atoms with Gasteiger partial charge in [-0.15, -0.1) is 0 Å². The fourth-order valence-electron chi connectivity index (χ4n) is 1.82. The Labute approximate surface area is 93.8 Å². The van der Waals surface area contributed by atoms with Crippen LogP contribution in [-0.2, 0) is 0 Å². The van der Waals surface area contributed by atoms with Gasteiger partial charge in [0.2, 0.25) is 0 Å². The molecule has 1 saturated heterocycles. The molecule has 4 N–H and O–H groups in total. The van der Waals surface area contributed by atoms with E-state index in [1.807, 2.05) is 0 Å². The van der Waals surface area contributed by atoms with Crippen molar-refractivity contribution < 1.29 is 9.90 Å². The van der Waals surface area contributed by atoms with Crippen molar-refractivity contribution in [2.45, 2.75) is 12.5 Å². The summed E-state index contributed by atoms with van der Waals surface area (Å²) < 4.78 is 0. The van der Waals surface area contributed by atoms with Gasteiger partial charge in [-0.25, -0.2) is 0 Å². The molecule has 0 aromatic heterocycles. The van der Waals surface area contributed by atoms with Crippen molar-refractivity contribution in [2.75, 3.05) is 18.5 Å². The summed E-state index contributed by atoms with van der Waals surface area (Å²) in [5, 5.41) is 9.36. The van der Waals surface area contributed by atoms with E-state index in [0.29, 0.717) is 25.1 Å². The first-order valence-corrected chi connectivity index (χ1v) is 5.24. The fourth-order valence-corrected chi connectivity index (χ4v) is 1.82. The SMILES string of the molecule is NNc1ccc(C(=O)N2CCC(O)C2)cc1. The molecule has 1 atom stereocenters. The number of nitrogen functional groups attached to an aromatic ring is 1. The van der Waals surface area contributed by atoms with Crippen molar-refractivity contribution in [2.24, 2.45) is 5.84 Å². The zero-order chi connectivity index (χ0) is 11.5. The van der Waals surface area contributed by atoms with E-state index in [0.717, 1.165) is 5.69 Å². The average Bonchev–Trinajstić information content (AvgIpc) is 2.75. The second kappa shape index (κ2) is 4.51. The highest BCUT2D eigenvalue weighted by atomic mass is 16.3. The van der Waals surface area contributed by atoms with Gasteiger partial charge in [0.25, 0.3) is 5.91 Å². The number of likely N-dealkylation sites (tertiary alicyclic amines) is 1. The van der Waals surface area contributed by atoms with E-state index >= 15 is 0 Å². The molecule has 1 aliphatic rings. The van der Waals surface area contributed by atoms with E-state index in [9.17, 15) is 9.90 Å². The Bertz CT molecular complexity index is 377. The molecular formula is C11H15N3O2. The van der Waals surface area contributed by atoms with E-state index in [4.69, 9.17) is 5.84 Å². The van der Waals surface area contributed by atoms with Crippen molar-refractivity contribution in [3.05, 3.63) is 29.8 Å². The van der Waals surface area contributed by atoms with E-state index < -0.39 is 0 Å². The maximum absolute atomic E-state index is 12.0. The molecule has 1 aromatic rings. The van der Waals surface area contributed by atoms with Gasteiger partial charge in [0.05, 0.1) is 6.10 Å². The molecule has 0 spiro atoms. The summed E-state index contributed by atoms with van der Waals surface area (Å²) >= 11 is 0. The lowest BCUT2D eigenvalue weighted by atomic mass is 10.2. The molecule has 86 valence electrons. The number of hydrazine groups is 1. The van der Waals surface area contributed by atoms with Crippen LogP contribution in [0.15, 0.2) is 24.3 Å². The number of nitrogens with one attached hydrogen (secondary N) is 1. The van der Waals surface area contributed by atoms with Crippen LogP contribution >= 0.6 is 0 Å². The van der Waals surface area contributed by atoms with Crippen molar-refractivity contribution in [3.8, 4) is 0 Å². The standard InChI is InChI=1S/C11H15N3O2/c12-13-9-3-1-8(2-4-9)11(16)14-6-5-10(15)7-14/h1-4,10,13,15H,5-7,12H2. The van der Waals surface area contributed by atoms with Crippen molar-refractivity contribution >= 4 is 11.6 Å². The minimum absolute atomic E-state index is 0.0416. The molecule has 1 aromatic carbocycles. The van der Waals surface area contributed by atoms with Gasteiger partial charge in [-0.2, -0.15) is 0 Å².